The number of hydrogen-bond acceptors (Lipinski definition) is 4. The molecule has 0 saturated carbocycles. The second-order valence-corrected chi connectivity index (χ2v) is 10.1. The summed E-state index contributed by atoms with van der Waals surface area (Å²) < 4.78 is 22.2. The first-order valence-corrected chi connectivity index (χ1v) is 9.43. The van der Waals surface area contributed by atoms with E-state index in [1.165, 1.54) is 0 Å². The van der Waals surface area contributed by atoms with E-state index in [4.69, 9.17) is 17.7 Å². The van der Waals surface area contributed by atoms with Crippen LogP contribution in [0.15, 0.2) is 0 Å². The molecule has 6 heteroatoms. The van der Waals surface area contributed by atoms with Crippen LogP contribution in [0.3, 0.4) is 0 Å². The number of hydrogen-bond donors (Lipinski definition) is 0. The van der Waals surface area contributed by atoms with Gasteiger partial charge in [-0.1, -0.05) is 19.8 Å². The second-order valence-electron chi connectivity index (χ2n) is 3.85. The van der Waals surface area contributed by atoms with E-state index in [2.05, 4.69) is 13.5 Å². The highest BCUT2D eigenvalue weighted by Gasteiger charge is 2.46. The summed E-state index contributed by atoms with van der Waals surface area (Å²) in [7, 11) is 3.38. The normalized spacial score (nSPS) is 14.4. The maximum Gasteiger partial charge on any atom is 0.389 e. The van der Waals surface area contributed by atoms with E-state index in [-0.39, 0.29) is 0 Å². The molecule has 1 unspecified atom stereocenters. The highest BCUT2D eigenvalue weighted by molar-refractivity contribution is 6.79. The first-order chi connectivity index (χ1) is 7.59. The van der Waals surface area contributed by atoms with E-state index in [0.29, 0.717) is 5.16 Å². The molecule has 1 radical (unpaired) electrons. The molecule has 0 aliphatic heterocycles. The van der Waals surface area contributed by atoms with E-state index < -0.39 is 17.8 Å². The fraction of sp³-hybridized carbons (Fsp3) is 1.00. The van der Waals surface area contributed by atoms with Crippen LogP contribution in [0.2, 0.25) is 11.7 Å². The van der Waals surface area contributed by atoms with Gasteiger partial charge in [0, 0.05) is 33.6 Å². The van der Waals surface area contributed by atoms with Gasteiger partial charge in [0.05, 0.1) is 0 Å². The summed E-state index contributed by atoms with van der Waals surface area (Å²) in [6, 6.07) is 0. The molecule has 97 valence electrons. The maximum absolute atomic E-state index is 5.61. The SMILES string of the molecule is CCCCC([Si](OC)OC)[Si](C)(OC)OC. The van der Waals surface area contributed by atoms with Gasteiger partial charge in [0.1, 0.15) is 0 Å². The lowest BCUT2D eigenvalue weighted by Crippen LogP contribution is -2.49. The third-order valence-electron chi connectivity index (χ3n) is 2.98. The van der Waals surface area contributed by atoms with Crippen molar-refractivity contribution in [3.63, 3.8) is 0 Å². The Morgan fingerprint density at radius 3 is 1.88 bits per heavy atom. The van der Waals surface area contributed by atoms with E-state index in [1.807, 2.05) is 0 Å². The summed E-state index contributed by atoms with van der Waals surface area (Å²) in [5.41, 5.74) is 0. The van der Waals surface area contributed by atoms with Crippen molar-refractivity contribution >= 4 is 17.8 Å². The second kappa shape index (κ2) is 8.38. The average molecular weight is 265 g/mol. The largest absolute Gasteiger partial charge is 0.398 e. The third-order valence-corrected chi connectivity index (χ3v) is 10.1. The first-order valence-electron chi connectivity index (χ1n) is 5.64. The molecule has 0 N–H and O–H groups in total. The third kappa shape index (κ3) is 4.27. The van der Waals surface area contributed by atoms with Gasteiger partial charge in [-0.05, 0) is 13.0 Å². The predicted molar refractivity (Wildman–Crippen MR) is 68.7 cm³/mol. The van der Waals surface area contributed by atoms with Crippen LogP contribution < -0.4 is 0 Å². The van der Waals surface area contributed by atoms with Crippen LogP contribution in [-0.4, -0.2) is 46.3 Å². The minimum atomic E-state index is -2.17. The molecule has 0 aromatic heterocycles. The average Bonchev–Trinajstić information content (AvgIpc) is 2.33. The van der Waals surface area contributed by atoms with Crippen LogP contribution in [0.4, 0.5) is 0 Å². The van der Waals surface area contributed by atoms with Crippen LogP contribution in [0.1, 0.15) is 26.2 Å². The Labute approximate surface area is 102 Å². The van der Waals surface area contributed by atoms with Gasteiger partial charge in [-0.15, -0.1) is 0 Å². The highest BCUT2D eigenvalue weighted by atomic mass is 28.4. The van der Waals surface area contributed by atoms with Crippen molar-refractivity contribution in [3.05, 3.63) is 0 Å². The van der Waals surface area contributed by atoms with E-state index in [9.17, 15) is 0 Å². The van der Waals surface area contributed by atoms with Gasteiger partial charge in [0.25, 0.3) is 0 Å². The van der Waals surface area contributed by atoms with Crippen LogP contribution in [0.5, 0.6) is 0 Å². The molecule has 0 aliphatic carbocycles. The molecule has 0 bridgehead atoms. The molecular formula is C10H25O4Si2. The Hall–Kier alpha value is 0.274. The van der Waals surface area contributed by atoms with Crippen molar-refractivity contribution in [3.8, 4) is 0 Å². The van der Waals surface area contributed by atoms with Crippen LogP contribution >= 0.6 is 0 Å². The Morgan fingerprint density at radius 2 is 1.56 bits per heavy atom. The molecule has 0 fully saturated rings. The Morgan fingerprint density at radius 1 is 1.06 bits per heavy atom. The van der Waals surface area contributed by atoms with Crippen LogP contribution in [-0.2, 0) is 17.7 Å². The van der Waals surface area contributed by atoms with Gasteiger partial charge in [0.2, 0.25) is 0 Å². The highest BCUT2D eigenvalue weighted by Crippen LogP contribution is 2.31. The number of unbranched alkanes of at least 4 members (excludes halogenated alkanes) is 1. The zero-order valence-corrected chi connectivity index (χ0v) is 13.3. The predicted octanol–water partition coefficient (Wildman–Crippen LogP) is 2.23. The molecule has 0 amide bonds. The lowest BCUT2D eigenvalue weighted by atomic mass is 10.3. The minimum absolute atomic E-state index is 0.294. The Balaban J connectivity index is 4.74. The number of rotatable bonds is 9. The lowest BCUT2D eigenvalue weighted by Gasteiger charge is -2.33. The molecule has 1 atom stereocenters. The molecule has 0 rings (SSSR count). The van der Waals surface area contributed by atoms with Gasteiger partial charge >= 0.3 is 17.8 Å². The van der Waals surface area contributed by atoms with Crippen LogP contribution in [0.25, 0.3) is 0 Å². The standard InChI is InChI=1S/C10H25O4Si2/c1-7-8-9-10(15(11-2)12-3)16(6,13-4)14-5/h10H,7-9H2,1-6H3. The summed E-state index contributed by atoms with van der Waals surface area (Å²) in [6.45, 7) is 4.26. The molecule has 0 heterocycles. The topological polar surface area (TPSA) is 36.9 Å². The first kappa shape index (κ1) is 16.3. The molecule has 4 nitrogen and oxygen atoms in total. The van der Waals surface area contributed by atoms with Crippen molar-refractivity contribution in [2.75, 3.05) is 28.4 Å². The van der Waals surface area contributed by atoms with Gasteiger partial charge in [-0.3, -0.25) is 0 Å². The summed E-state index contributed by atoms with van der Waals surface area (Å²) in [4.78, 5) is 0. The van der Waals surface area contributed by atoms with Crippen molar-refractivity contribution < 1.29 is 17.7 Å². The Bertz CT molecular complexity index is 172. The van der Waals surface area contributed by atoms with Crippen molar-refractivity contribution in [1.29, 1.82) is 0 Å². The van der Waals surface area contributed by atoms with Crippen molar-refractivity contribution in [1.82, 2.24) is 0 Å². The van der Waals surface area contributed by atoms with Gasteiger partial charge in [-0.25, -0.2) is 0 Å². The van der Waals surface area contributed by atoms with Gasteiger partial charge in [0.15, 0.2) is 0 Å². The molecule has 0 aliphatic rings. The molecule has 0 aromatic carbocycles. The lowest BCUT2D eigenvalue weighted by molar-refractivity contribution is 0.220. The van der Waals surface area contributed by atoms with E-state index in [0.717, 1.165) is 19.3 Å². The summed E-state index contributed by atoms with van der Waals surface area (Å²) in [5, 5.41) is 0.294. The smallest absolute Gasteiger partial charge is 0.389 e. The monoisotopic (exact) mass is 265 g/mol. The maximum atomic E-state index is 5.61. The fourth-order valence-electron chi connectivity index (χ4n) is 1.74. The minimum Gasteiger partial charge on any atom is -0.398 e. The van der Waals surface area contributed by atoms with Crippen molar-refractivity contribution in [2.24, 2.45) is 0 Å². The Kier molecular flexibility index (Phi) is 8.52. The molecular weight excluding hydrogens is 240 g/mol. The molecule has 0 aromatic rings. The zero-order chi connectivity index (χ0) is 12.6. The molecule has 16 heavy (non-hydrogen) atoms. The zero-order valence-electron chi connectivity index (χ0n) is 11.3. The summed E-state index contributed by atoms with van der Waals surface area (Å²) in [5.74, 6) is 0. The molecule has 0 saturated heterocycles. The summed E-state index contributed by atoms with van der Waals surface area (Å²) >= 11 is 0. The van der Waals surface area contributed by atoms with Crippen molar-refractivity contribution in [2.45, 2.75) is 37.9 Å². The van der Waals surface area contributed by atoms with Gasteiger partial charge in [-0.2, -0.15) is 0 Å². The van der Waals surface area contributed by atoms with Gasteiger partial charge < -0.3 is 17.7 Å². The summed E-state index contributed by atoms with van der Waals surface area (Å²) in [6.07, 6.45) is 3.37. The molecule has 0 spiro atoms. The fourth-order valence-corrected chi connectivity index (χ4v) is 7.50. The van der Waals surface area contributed by atoms with E-state index in [1.54, 1.807) is 28.4 Å². The van der Waals surface area contributed by atoms with E-state index >= 15 is 0 Å². The quantitative estimate of drug-likeness (QED) is 0.599. The van der Waals surface area contributed by atoms with Crippen LogP contribution in [0, 0.1) is 0 Å².